The van der Waals surface area contributed by atoms with Gasteiger partial charge in [-0.25, -0.2) is 10.1 Å². The summed E-state index contributed by atoms with van der Waals surface area (Å²) in [6.07, 6.45) is 1.46. The molecule has 3 N–H and O–H groups in total. The summed E-state index contributed by atoms with van der Waals surface area (Å²) in [5.74, 6) is 0.0193. The van der Waals surface area contributed by atoms with Gasteiger partial charge in [-0.3, -0.25) is 4.79 Å². The first-order valence-corrected chi connectivity index (χ1v) is 10.2. The van der Waals surface area contributed by atoms with E-state index in [9.17, 15) is 4.79 Å². The van der Waals surface area contributed by atoms with E-state index in [1.807, 2.05) is 0 Å². The van der Waals surface area contributed by atoms with Crippen molar-refractivity contribution in [2.45, 2.75) is 13.5 Å². The Labute approximate surface area is 197 Å². The number of benzene rings is 2. The van der Waals surface area contributed by atoms with Crippen LogP contribution in [-0.4, -0.2) is 37.4 Å². The van der Waals surface area contributed by atoms with Crippen molar-refractivity contribution in [3.8, 4) is 11.6 Å². The number of carbonyl (C=O) groups excluding carboxylic acids is 1. The summed E-state index contributed by atoms with van der Waals surface area (Å²) in [4.78, 5) is 12.6. The molecule has 0 aliphatic carbocycles. The normalized spacial score (nSPS) is 11.1. The molecule has 0 saturated carbocycles. The first-order valence-electron chi connectivity index (χ1n) is 9.44. The lowest BCUT2D eigenvalue weighted by Gasteiger charge is -2.09. The van der Waals surface area contributed by atoms with Crippen LogP contribution in [0.15, 0.2) is 52.2 Å². The van der Waals surface area contributed by atoms with Crippen molar-refractivity contribution < 1.29 is 14.2 Å². The Kier molecular flexibility index (Phi) is 6.52. The van der Waals surface area contributed by atoms with Crippen molar-refractivity contribution in [1.82, 2.24) is 30.7 Å². The van der Waals surface area contributed by atoms with Crippen molar-refractivity contribution in [3.63, 3.8) is 0 Å². The number of hydrogen-bond donors (Lipinski definition) is 2. The maximum atomic E-state index is 12.6. The van der Waals surface area contributed by atoms with Crippen molar-refractivity contribution >= 4 is 41.1 Å². The Hall–Kier alpha value is -3.96. The first kappa shape index (κ1) is 22.2. The van der Waals surface area contributed by atoms with E-state index in [0.717, 1.165) is 4.68 Å². The number of hydrazone groups is 1. The zero-order valence-electron chi connectivity index (χ0n) is 17.1. The van der Waals surface area contributed by atoms with Gasteiger partial charge in [-0.1, -0.05) is 46.6 Å². The van der Waals surface area contributed by atoms with Crippen LogP contribution in [0.4, 0.5) is 5.82 Å². The second-order valence-corrected chi connectivity index (χ2v) is 7.48. The zero-order chi connectivity index (χ0) is 23.4. The number of nitrogens with two attached hydrogens (primary N) is 1. The smallest absolute Gasteiger partial charge is 0.292 e. The van der Waals surface area contributed by atoms with Crippen LogP contribution in [0.1, 0.15) is 27.3 Å². The van der Waals surface area contributed by atoms with E-state index in [1.165, 1.54) is 6.21 Å². The summed E-state index contributed by atoms with van der Waals surface area (Å²) < 4.78 is 11.5. The van der Waals surface area contributed by atoms with Crippen LogP contribution in [-0.2, 0) is 6.61 Å². The number of aromatic nitrogens is 5. The van der Waals surface area contributed by atoms with Crippen LogP contribution < -0.4 is 15.9 Å². The van der Waals surface area contributed by atoms with Crippen LogP contribution in [0.3, 0.4) is 0 Å². The largest absolute Gasteiger partial charge is 0.489 e. The van der Waals surface area contributed by atoms with Crippen LogP contribution in [0, 0.1) is 6.92 Å². The van der Waals surface area contributed by atoms with Gasteiger partial charge in [-0.15, -0.1) is 5.10 Å². The SMILES string of the molecule is Cc1nnn(-c2nonc2N)c1C(=O)N/N=C/c1cccc(OCc2c(Cl)cccc2Cl)c1. The number of carbonyl (C=O) groups is 1. The topological polar surface area (TPSA) is 146 Å². The fraction of sp³-hybridized carbons (Fsp3) is 0.100. The number of rotatable bonds is 7. The highest BCUT2D eigenvalue weighted by atomic mass is 35.5. The molecule has 0 bridgehead atoms. The fourth-order valence-electron chi connectivity index (χ4n) is 2.83. The molecule has 1 amide bonds. The number of halogens is 2. The van der Waals surface area contributed by atoms with Gasteiger partial charge in [0, 0.05) is 15.6 Å². The Morgan fingerprint density at radius 1 is 1.24 bits per heavy atom. The van der Waals surface area contributed by atoms with Gasteiger partial charge in [-0.05, 0) is 47.1 Å². The van der Waals surface area contributed by atoms with E-state index in [4.69, 9.17) is 33.7 Å². The van der Waals surface area contributed by atoms with Crippen LogP contribution in [0.25, 0.3) is 5.82 Å². The van der Waals surface area contributed by atoms with E-state index in [2.05, 4.69) is 35.8 Å². The summed E-state index contributed by atoms with van der Waals surface area (Å²) >= 11 is 12.3. The molecule has 13 heteroatoms. The number of anilines is 1. The molecule has 0 aliphatic heterocycles. The second kappa shape index (κ2) is 9.67. The molecule has 2 aromatic carbocycles. The third kappa shape index (κ3) is 4.94. The van der Waals surface area contributed by atoms with E-state index < -0.39 is 5.91 Å². The van der Waals surface area contributed by atoms with Gasteiger partial charge in [0.1, 0.15) is 12.4 Å². The summed E-state index contributed by atoms with van der Waals surface area (Å²) in [5.41, 5.74) is 9.91. The van der Waals surface area contributed by atoms with Crippen LogP contribution in [0.2, 0.25) is 10.0 Å². The van der Waals surface area contributed by atoms with E-state index >= 15 is 0 Å². The Balaban J connectivity index is 1.43. The van der Waals surface area contributed by atoms with Gasteiger partial charge in [0.05, 0.1) is 11.9 Å². The summed E-state index contributed by atoms with van der Waals surface area (Å²) in [5, 5.41) is 19.9. The highest BCUT2D eigenvalue weighted by Gasteiger charge is 2.22. The highest BCUT2D eigenvalue weighted by Crippen LogP contribution is 2.26. The molecular weight excluding hydrogens is 471 g/mol. The van der Waals surface area contributed by atoms with Crippen molar-refractivity contribution in [1.29, 1.82) is 0 Å². The third-order valence-corrected chi connectivity index (χ3v) is 5.14. The number of nitrogens with zero attached hydrogens (tertiary/aromatic N) is 6. The molecule has 0 radical (unpaired) electrons. The molecular formula is C20H16Cl2N8O3. The van der Waals surface area contributed by atoms with Gasteiger partial charge in [0.15, 0.2) is 5.69 Å². The molecule has 0 saturated heterocycles. The summed E-state index contributed by atoms with van der Waals surface area (Å²) in [6.45, 7) is 1.81. The predicted octanol–water partition coefficient (Wildman–Crippen LogP) is 3.19. The van der Waals surface area contributed by atoms with Gasteiger partial charge >= 0.3 is 0 Å². The quantitative estimate of drug-likeness (QED) is 0.299. The van der Waals surface area contributed by atoms with Gasteiger partial charge in [0.25, 0.3) is 5.91 Å². The highest BCUT2D eigenvalue weighted by molar-refractivity contribution is 6.35. The van der Waals surface area contributed by atoms with Gasteiger partial charge < -0.3 is 10.5 Å². The molecule has 2 aromatic heterocycles. The van der Waals surface area contributed by atoms with E-state index in [0.29, 0.717) is 32.6 Å². The summed E-state index contributed by atoms with van der Waals surface area (Å²) in [6, 6.07) is 12.4. The standard InChI is InChI=1S/C20H16Cl2N8O3/c1-11-17(30(29-25-11)19-18(23)27-33-28-19)20(31)26-24-9-12-4-2-5-13(8-12)32-10-14-15(21)6-3-7-16(14)22/h2-9H,10H2,1H3,(H2,23,27)(H,26,31)/b24-9+. The van der Waals surface area contributed by atoms with Crippen molar-refractivity contribution in [2.24, 2.45) is 5.10 Å². The monoisotopic (exact) mass is 486 g/mol. The second-order valence-electron chi connectivity index (χ2n) is 6.67. The lowest BCUT2D eigenvalue weighted by molar-refractivity contribution is 0.0946. The van der Waals surface area contributed by atoms with Crippen molar-refractivity contribution in [2.75, 3.05) is 5.73 Å². The number of aryl methyl sites for hydroxylation is 1. The minimum absolute atomic E-state index is 0.0349. The minimum Gasteiger partial charge on any atom is -0.489 e. The molecule has 11 nitrogen and oxygen atoms in total. The minimum atomic E-state index is -0.572. The number of amides is 1. The molecule has 0 aliphatic rings. The fourth-order valence-corrected chi connectivity index (χ4v) is 3.34. The lowest BCUT2D eigenvalue weighted by Crippen LogP contribution is -2.22. The maximum absolute atomic E-state index is 12.6. The Morgan fingerprint density at radius 2 is 2.00 bits per heavy atom. The average Bonchev–Trinajstić information content (AvgIpc) is 3.38. The number of nitrogen functional groups attached to an aromatic ring is 1. The maximum Gasteiger partial charge on any atom is 0.292 e. The van der Waals surface area contributed by atoms with Gasteiger partial charge in [0.2, 0.25) is 11.6 Å². The van der Waals surface area contributed by atoms with Crippen LogP contribution in [0.5, 0.6) is 5.75 Å². The molecule has 33 heavy (non-hydrogen) atoms. The third-order valence-electron chi connectivity index (χ3n) is 4.43. The lowest BCUT2D eigenvalue weighted by atomic mass is 10.2. The Morgan fingerprint density at radius 3 is 2.73 bits per heavy atom. The van der Waals surface area contributed by atoms with Crippen molar-refractivity contribution in [3.05, 3.63) is 75.0 Å². The summed E-state index contributed by atoms with van der Waals surface area (Å²) in [7, 11) is 0. The molecule has 4 rings (SSSR count). The first-order chi connectivity index (χ1) is 15.9. The molecule has 0 spiro atoms. The molecule has 0 unspecified atom stereocenters. The average molecular weight is 487 g/mol. The zero-order valence-corrected chi connectivity index (χ0v) is 18.6. The molecule has 2 heterocycles. The molecule has 168 valence electrons. The van der Waals surface area contributed by atoms with Crippen LogP contribution >= 0.6 is 23.2 Å². The number of nitrogens with one attached hydrogen (secondary N) is 1. The predicted molar refractivity (Wildman–Crippen MR) is 121 cm³/mol. The molecule has 4 aromatic rings. The number of hydrogen-bond acceptors (Lipinski definition) is 9. The van der Waals surface area contributed by atoms with Gasteiger partial charge in [-0.2, -0.15) is 9.78 Å². The number of ether oxygens (including phenoxy) is 1. The Bertz CT molecular complexity index is 1310. The van der Waals surface area contributed by atoms with E-state index in [-0.39, 0.29) is 23.9 Å². The molecule has 0 atom stereocenters. The molecule has 0 fully saturated rings. The van der Waals surface area contributed by atoms with E-state index in [1.54, 1.807) is 49.4 Å².